The summed E-state index contributed by atoms with van der Waals surface area (Å²) in [6.45, 7) is 6.52. The molecule has 1 aromatic heterocycles. The van der Waals surface area contributed by atoms with Gasteiger partial charge in [-0.25, -0.2) is 0 Å². The normalized spacial score (nSPS) is 18.2. The summed E-state index contributed by atoms with van der Waals surface area (Å²) in [5.41, 5.74) is 3.03. The van der Waals surface area contributed by atoms with Crippen molar-refractivity contribution in [1.29, 1.82) is 0 Å². The van der Waals surface area contributed by atoms with Crippen molar-refractivity contribution in [2.75, 3.05) is 5.32 Å². The van der Waals surface area contributed by atoms with Crippen molar-refractivity contribution in [3.05, 3.63) is 89.2 Å². The highest BCUT2D eigenvalue weighted by atomic mass is 35.5. The Kier molecular flexibility index (Phi) is 6.33. The fourth-order valence-electron chi connectivity index (χ4n) is 4.30. The second kappa shape index (κ2) is 9.17. The molecule has 1 heterocycles. The Hall–Kier alpha value is -3.11. The number of ether oxygens (including phenoxy) is 1. The number of pyridine rings is 1. The highest BCUT2D eigenvalue weighted by molar-refractivity contribution is 6.30. The number of nitrogens with zero attached hydrogens (tertiary/aromatic N) is 1. The fourth-order valence-corrected chi connectivity index (χ4v) is 4.42. The summed E-state index contributed by atoms with van der Waals surface area (Å²) < 4.78 is 6.24. The molecule has 0 fully saturated rings. The van der Waals surface area contributed by atoms with E-state index in [1.807, 2.05) is 54.6 Å². The molecule has 4 nitrogen and oxygen atoms in total. The number of aromatic nitrogens is 1. The maximum Gasteiger partial charge on any atom is 0.248 e. The first kappa shape index (κ1) is 22.1. The number of hydrogen-bond acceptors (Lipinski definition) is 3. The molecule has 1 amide bonds. The molecule has 0 radical (unpaired) electrons. The van der Waals surface area contributed by atoms with Gasteiger partial charge < -0.3 is 10.1 Å². The zero-order valence-electron chi connectivity index (χ0n) is 18.6. The maximum absolute atomic E-state index is 12.7. The van der Waals surface area contributed by atoms with E-state index in [-0.39, 0.29) is 17.4 Å². The van der Waals surface area contributed by atoms with Crippen LogP contribution in [0, 0.1) is 5.41 Å². The first-order valence-electron chi connectivity index (χ1n) is 10.8. The Morgan fingerprint density at radius 2 is 1.97 bits per heavy atom. The van der Waals surface area contributed by atoms with Gasteiger partial charge in [-0.2, -0.15) is 0 Å². The van der Waals surface area contributed by atoms with Crippen molar-refractivity contribution in [2.24, 2.45) is 5.41 Å². The number of fused-ring (bicyclic) bond motifs is 1. The van der Waals surface area contributed by atoms with Crippen LogP contribution in [0.4, 0.5) is 5.69 Å². The Bertz CT molecular complexity index is 1190. The van der Waals surface area contributed by atoms with Gasteiger partial charge in [0.05, 0.1) is 0 Å². The SMILES string of the molecule is CC1=C(/C=C/C(=O)Nc2cccc3cnccc23)C(C)(C)CCC1Oc1ccc(Cl)cc1. The molecule has 0 spiro atoms. The first-order chi connectivity index (χ1) is 15.3. The van der Waals surface area contributed by atoms with Gasteiger partial charge in [-0.1, -0.05) is 43.7 Å². The van der Waals surface area contributed by atoms with Crippen LogP contribution in [0.2, 0.25) is 5.02 Å². The summed E-state index contributed by atoms with van der Waals surface area (Å²) >= 11 is 5.99. The minimum absolute atomic E-state index is 0.0301. The van der Waals surface area contributed by atoms with Crippen LogP contribution < -0.4 is 10.1 Å². The lowest BCUT2D eigenvalue weighted by Crippen LogP contribution is -2.31. The number of rotatable bonds is 5. The predicted octanol–water partition coefficient (Wildman–Crippen LogP) is 6.97. The second-order valence-electron chi connectivity index (χ2n) is 8.80. The summed E-state index contributed by atoms with van der Waals surface area (Å²) in [4.78, 5) is 16.9. The van der Waals surface area contributed by atoms with Crippen LogP contribution in [0.15, 0.2) is 84.2 Å². The molecular formula is C27H27ClN2O2. The lowest BCUT2D eigenvalue weighted by molar-refractivity contribution is -0.111. The number of anilines is 1. The lowest BCUT2D eigenvalue weighted by atomic mass is 9.71. The minimum atomic E-state index is -0.161. The largest absolute Gasteiger partial charge is 0.486 e. The van der Waals surface area contributed by atoms with Crippen LogP contribution in [-0.2, 0) is 4.79 Å². The van der Waals surface area contributed by atoms with Gasteiger partial charge >= 0.3 is 0 Å². The number of allylic oxidation sites excluding steroid dienone is 2. The van der Waals surface area contributed by atoms with Gasteiger partial charge in [0.2, 0.25) is 5.91 Å². The molecule has 1 aliphatic rings. The minimum Gasteiger partial charge on any atom is -0.486 e. The molecule has 1 aliphatic carbocycles. The number of amides is 1. The molecule has 0 bridgehead atoms. The molecule has 1 unspecified atom stereocenters. The molecule has 4 rings (SSSR count). The van der Waals surface area contributed by atoms with Gasteiger partial charge in [0.15, 0.2) is 0 Å². The van der Waals surface area contributed by atoms with Crippen molar-refractivity contribution >= 4 is 34.0 Å². The van der Waals surface area contributed by atoms with Gasteiger partial charge in [-0.15, -0.1) is 0 Å². The van der Waals surface area contributed by atoms with Gasteiger partial charge in [0.1, 0.15) is 11.9 Å². The fraction of sp³-hybridized carbons (Fsp3) is 0.259. The average molecular weight is 447 g/mol. The third kappa shape index (κ3) is 4.86. The van der Waals surface area contributed by atoms with Crippen molar-refractivity contribution in [1.82, 2.24) is 4.98 Å². The van der Waals surface area contributed by atoms with Crippen LogP contribution in [0.25, 0.3) is 10.8 Å². The van der Waals surface area contributed by atoms with Gasteiger partial charge in [-0.3, -0.25) is 9.78 Å². The van der Waals surface area contributed by atoms with E-state index < -0.39 is 0 Å². The zero-order valence-corrected chi connectivity index (χ0v) is 19.3. The summed E-state index contributed by atoms with van der Waals surface area (Å²) in [5.74, 6) is 0.635. The topological polar surface area (TPSA) is 51.2 Å². The predicted molar refractivity (Wildman–Crippen MR) is 131 cm³/mol. The number of carbonyl (C=O) groups is 1. The molecule has 2 aromatic carbocycles. The van der Waals surface area contributed by atoms with E-state index in [2.05, 4.69) is 31.1 Å². The van der Waals surface area contributed by atoms with E-state index in [1.54, 1.807) is 18.5 Å². The van der Waals surface area contributed by atoms with Crippen molar-refractivity contribution in [3.63, 3.8) is 0 Å². The number of halogens is 1. The molecule has 0 saturated heterocycles. The summed E-state index contributed by atoms with van der Waals surface area (Å²) in [6, 6.07) is 15.1. The molecule has 1 atom stereocenters. The van der Waals surface area contributed by atoms with E-state index in [0.717, 1.165) is 46.2 Å². The monoisotopic (exact) mass is 446 g/mol. The van der Waals surface area contributed by atoms with E-state index in [9.17, 15) is 4.79 Å². The Labute approximate surface area is 194 Å². The molecule has 5 heteroatoms. The number of benzene rings is 2. The molecule has 1 N–H and O–H groups in total. The first-order valence-corrected chi connectivity index (χ1v) is 11.2. The highest BCUT2D eigenvalue weighted by Crippen LogP contribution is 2.42. The van der Waals surface area contributed by atoms with E-state index >= 15 is 0 Å². The summed E-state index contributed by atoms with van der Waals surface area (Å²) in [7, 11) is 0. The van der Waals surface area contributed by atoms with Crippen molar-refractivity contribution < 1.29 is 9.53 Å². The van der Waals surface area contributed by atoms with E-state index in [0.29, 0.717) is 5.02 Å². The Morgan fingerprint density at radius 3 is 2.75 bits per heavy atom. The highest BCUT2D eigenvalue weighted by Gasteiger charge is 2.33. The average Bonchev–Trinajstić information content (AvgIpc) is 2.77. The van der Waals surface area contributed by atoms with Gasteiger partial charge in [0, 0.05) is 40.0 Å². The van der Waals surface area contributed by atoms with Crippen LogP contribution in [0.5, 0.6) is 5.75 Å². The van der Waals surface area contributed by atoms with Crippen LogP contribution in [0.1, 0.15) is 33.6 Å². The molecule has 32 heavy (non-hydrogen) atoms. The number of hydrogen-bond donors (Lipinski definition) is 1. The van der Waals surface area contributed by atoms with Crippen LogP contribution in [0.3, 0.4) is 0 Å². The molecular weight excluding hydrogens is 420 g/mol. The summed E-state index contributed by atoms with van der Waals surface area (Å²) in [6.07, 6.45) is 8.95. The Morgan fingerprint density at radius 1 is 1.19 bits per heavy atom. The van der Waals surface area contributed by atoms with Gasteiger partial charge in [-0.05, 0) is 72.7 Å². The third-order valence-electron chi connectivity index (χ3n) is 6.10. The van der Waals surface area contributed by atoms with Gasteiger partial charge in [0.25, 0.3) is 0 Å². The number of nitrogens with one attached hydrogen (secondary N) is 1. The quantitative estimate of drug-likeness (QED) is 0.430. The molecule has 0 saturated carbocycles. The van der Waals surface area contributed by atoms with Crippen LogP contribution in [-0.4, -0.2) is 17.0 Å². The van der Waals surface area contributed by atoms with Crippen molar-refractivity contribution in [2.45, 2.75) is 39.7 Å². The number of carbonyl (C=O) groups excluding carboxylic acids is 1. The standard InChI is InChI=1S/C27H27ClN2O2/c1-18-23(27(2,3)15-13-25(18)32-21-9-7-20(28)8-10-21)11-12-26(31)30-24-6-4-5-19-17-29-16-14-22(19)24/h4-12,14,16-17,25H,13,15H2,1-3H3,(H,30,31)/b12-11+. The van der Waals surface area contributed by atoms with Crippen LogP contribution >= 0.6 is 11.6 Å². The van der Waals surface area contributed by atoms with E-state index in [1.165, 1.54) is 0 Å². The smallest absolute Gasteiger partial charge is 0.248 e. The summed E-state index contributed by atoms with van der Waals surface area (Å²) in [5, 5.41) is 5.65. The third-order valence-corrected chi connectivity index (χ3v) is 6.35. The Balaban J connectivity index is 1.54. The molecule has 3 aromatic rings. The van der Waals surface area contributed by atoms with E-state index in [4.69, 9.17) is 16.3 Å². The maximum atomic E-state index is 12.7. The van der Waals surface area contributed by atoms with Crippen molar-refractivity contribution in [3.8, 4) is 5.75 Å². The zero-order chi connectivity index (χ0) is 22.7. The molecule has 0 aliphatic heterocycles. The molecule has 164 valence electrons. The second-order valence-corrected chi connectivity index (χ2v) is 9.24. The lowest BCUT2D eigenvalue weighted by Gasteiger charge is -2.37.